The number of allylic oxidation sites excluding steroid dienone is 9. The van der Waals surface area contributed by atoms with E-state index in [-0.39, 0.29) is 0 Å². The molecule has 0 amide bonds. The van der Waals surface area contributed by atoms with E-state index in [2.05, 4.69) is 230 Å². The first kappa shape index (κ1) is 38.7. The van der Waals surface area contributed by atoms with Gasteiger partial charge in [0.25, 0.3) is 0 Å². The van der Waals surface area contributed by atoms with Crippen LogP contribution in [0.3, 0.4) is 0 Å². The van der Waals surface area contributed by atoms with E-state index in [1.165, 1.54) is 50.2 Å². The first-order chi connectivity index (χ1) is 30.5. The zero-order valence-electron chi connectivity index (χ0n) is 35.6. The second-order valence-corrected chi connectivity index (χ2v) is 16.4. The van der Waals surface area contributed by atoms with Crippen LogP contribution in [-0.2, 0) is 5.41 Å². The van der Waals surface area contributed by atoms with E-state index < -0.39 is 5.41 Å². The molecule has 3 nitrogen and oxygen atoms in total. The second-order valence-electron chi connectivity index (χ2n) is 16.4. The highest BCUT2D eigenvalue weighted by Crippen LogP contribution is 2.57. The number of aromatic nitrogens is 2. The molecule has 0 fully saturated rings. The van der Waals surface area contributed by atoms with Crippen molar-refractivity contribution >= 4 is 39.4 Å². The van der Waals surface area contributed by atoms with Crippen LogP contribution in [-0.4, -0.2) is 9.55 Å². The van der Waals surface area contributed by atoms with Gasteiger partial charge in [-0.2, -0.15) is 0 Å². The average molecular weight is 800 g/mol. The predicted molar refractivity (Wildman–Crippen MR) is 262 cm³/mol. The molecule has 8 aromatic rings. The van der Waals surface area contributed by atoms with Crippen molar-refractivity contribution in [1.29, 1.82) is 0 Å². The summed E-state index contributed by atoms with van der Waals surface area (Å²) in [6, 6.07) is 60.7. The Morgan fingerprint density at radius 3 is 1.97 bits per heavy atom. The third-order valence-electron chi connectivity index (χ3n) is 12.6. The third kappa shape index (κ3) is 6.58. The number of nitrogens with zero attached hydrogens (tertiary/aromatic N) is 3. The number of anilines is 3. The Morgan fingerprint density at radius 1 is 0.677 bits per heavy atom. The van der Waals surface area contributed by atoms with Crippen molar-refractivity contribution in [3.8, 4) is 22.5 Å². The molecule has 1 heterocycles. The summed E-state index contributed by atoms with van der Waals surface area (Å²) in [6.45, 7) is 10.4. The van der Waals surface area contributed by atoms with Crippen molar-refractivity contribution in [1.82, 2.24) is 9.55 Å². The number of para-hydroxylation sites is 2. The van der Waals surface area contributed by atoms with Crippen molar-refractivity contribution < 1.29 is 0 Å². The SMILES string of the molecule is C=C/C=C(\C=C/C)c1ccc(N(c2ccc(-c3nc4ccccc4n3C3=CC=CCC3)cc2)c2ccc3c(c2)C(c2ccc(C)cc2)(c2ccc(C)cc2)c2ccccc2-3)cc1. The van der Waals surface area contributed by atoms with E-state index in [1.807, 2.05) is 13.0 Å². The zero-order valence-corrected chi connectivity index (χ0v) is 35.6. The first-order valence-electron chi connectivity index (χ1n) is 21.7. The molecule has 62 heavy (non-hydrogen) atoms. The summed E-state index contributed by atoms with van der Waals surface area (Å²) < 4.78 is 2.34. The van der Waals surface area contributed by atoms with Crippen LogP contribution in [0.25, 0.3) is 44.8 Å². The van der Waals surface area contributed by atoms with Gasteiger partial charge < -0.3 is 4.90 Å². The number of fused-ring (bicyclic) bond motifs is 4. The lowest BCUT2D eigenvalue weighted by Gasteiger charge is -2.35. The molecule has 0 saturated heterocycles. The Labute approximate surface area is 365 Å². The Bertz CT molecular complexity index is 3030. The van der Waals surface area contributed by atoms with Crippen molar-refractivity contribution in [2.24, 2.45) is 0 Å². The van der Waals surface area contributed by atoms with Gasteiger partial charge in [0.1, 0.15) is 5.82 Å². The van der Waals surface area contributed by atoms with E-state index in [0.717, 1.165) is 63.5 Å². The second kappa shape index (κ2) is 16.2. The summed E-state index contributed by atoms with van der Waals surface area (Å²) in [5.74, 6) is 0.956. The molecule has 0 saturated carbocycles. The lowest BCUT2D eigenvalue weighted by Crippen LogP contribution is -2.29. The maximum Gasteiger partial charge on any atom is 0.145 e. The standard InChI is InChI=1S/C59H49N3/c1-5-14-43(15-6-2)44-26-34-49(35-27-44)61(50-36-28-45(29-37-50)58-60-56-20-12-13-21-57(56)62(58)48-16-8-7-9-17-48)51-38-39-53-52-18-10-11-19-54(52)59(55(53)40-51,46-30-22-41(3)23-31-46)47-32-24-42(4)25-33-47/h5-8,10-16,18-40H,1,9,17H2,2-4H3/b15-6-,43-14+. The van der Waals surface area contributed by atoms with Gasteiger partial charge in [0, 0.05) is 28.3 Å². The van der Waals surface area contributed by atoms with Crippen LogP contribution in [0.1, 0.15) is 58.7 Å². The molecule has 0 unspecified atom stereocenters. The van der Waals surface area contributed by atoms with Crippen LogP contribution in [0.15, 0.2) is 213 Å². The lowest BCUT2D eigenvalue weighted by atomic mass is 9.67. The van der Waals surface area contributed by atoms with Gasteiger partial charge in [-0.05, 0) is 145 Å². The van der Waals surface area contributed by atoms with Crippen LogP contribution in [0, 0.1) is 13.8 Å². The highest BCUT2D eigenvalue weighted by molar-refractivity contribution is 5.91. The smallest absolute Gasteiger partial charge is 0.145 e. The quantitative estimate of drug-likeness (QED) is 0.129. The fraction of sp³-hybridized carbons (Fsp3) is 0.102. The Hall–Kier alpha value is -7.49. The molecule has 1 aromatic heterocycles. The topological polar surface area (TPSA) is 21.1 Å². The lowest BCUT2D eigenvalue weighted by molar-refractivity contribution is 0.767. The van der Waals surface area contributed by atoms with Gasteiger partial charge in [-0.1, -0.05) is 157 Å². The van der Waals surface area contributed by atoms with Gasteiger partial charge in [-0.15, -0.1) is 0 Å². The minimum Gasteiger partial charge on any atom is -0.310 e. The summed E-state index contributed by atoms with van der Waals surface area (Å²) >= 11 is 0. The molecule has 2 aliphatic rings. The fourth-order valence-electron chi connectivity index (χ4n) is 9.65. The molecular weight excluding hydrogens is 751 g/mol. The number of hydrogen-bond acceptors (Lipinski definition) is 2. The minimum atomic E-state index is -0.526. The summed E-state index contributed by atoms with van der Waals surface area (Å²) in [4.78, 5) is 7.61. The number of rotatable bonds is 10. The van der Waals surface area contributed by atoms with Crippen molar-refractivity contribution in [3.63, 3.8) is 0 Å². The minimum absolute atomic E-state index is 0.526. The van der Waals surface area contributed by atoms with Crippen molar-refractivity contribution in [2.45, 2.75) is 39.0 Å². The Morgan fingerprint density at radius 2 is 1.31 bits per heavy atom. The predicted octanol–water partition coefficient (Wildman–Crippen LogP) is 15.5. The molecular formula is C59H49N3. The van der Waals surface area contributed by atoms with Gasteiger partial charge in [0.15, 0.2) is 0 Å². The van der Waals surface area contributed by atoms with Gasteiger partial charge >= 0.3 is 0 Å². The summed E-state index contributed by atoms with van der Waals surface area (Å²) in [7, 11) is 0. The summed E-state index contributed by atoms with van der Waals surface area (Å²) in [6.07, 6.45) is 16.7. The molecule has 0 radical (unpaired) electrons. The third-order valence-corrected chi connectivity index (χ3v) is 12.6. The summed E-state index contributed by atoms with van der Waals surface area (Å²) in [5.41, 5.74) is 19.5. The van der Waals surface area contributed by atoms with E-state index in [0.29, 0.717) is 0 Å². The molecule has 3 heteroatoms. The van der Waals surface area contributed by atoms with E-state index >= 15 is 0 Å². The van der Waals surface area contributed by atoms with Crippen LogP contribution in [0.2, 0.25) is 0 Å². The zero-order chi connectivity index (χ0) is 42.2. The first-order valence-corrected chi connectivity index (χ1v) is 21.7. The molecule has 0 atom stereocenters. The van der Waals surface area contributed by atoms with Crippen LogP contribution in [0.5, 0.6) is 0 Å². The van der Waals surface area contributed by atoms with E-state index in [4.69, 9.17) is 4.98 Å². The molecule has 0 aliphatic heterocycles. The molecule has 0 N–H and O–H groups in total. The Balaban J connectivity index is 1.17. The maximum atomic E-state index is 5.22. The monoisotopic (exact) mass is 799 g/mol. The van der Waals surface area contributed by atoms with Gasteiger partial charge in [0.05, 0.1) is 16.4 Å². The summed E-state index contributed by atoms with van der Waals surface area (Å²) in [5, 5.41) is 0. The fourth-order valence-corrected chi connectivity index (χ4v) is 9.65. The number of hydrogen-bond donors (Lipinski definition) is 0. The van der Waals surface area contributed by atoms with Crippen LogP contribution in [0.4, 0.5) is 17.1 Å². The Kier molecular flexibility index (Phi) is 10.1. The van der Waals surface area contributed by atoms with Crippen LogP contribution < -0.4 is 4.90 Å². The van der Waals surface area contributed by atoms with E-state index in [1.54, 1.807) is 0 Å². The molecule has 7 aromatic carbocycles. The van der Waals surface area contributed by atoms with Gasteiger partial charge in [-0.25, -0.2) is 4.98 Å². The van der Waals surface area contributed by atoms with Crippen LogP contribution >= 0.6 is 0 Å². The number of imidazole rings is 1. The van der Waals surface area contributed by atoms with Gasteiger partial charge in [0.2, 0.25) is 0 Å². The largest absolute Gasteiger partial charge is 0.310 e. The average Bonchev–Trinajstić information content (AvgIpc) is 3.85. The van der Waals surface area contributed by atoms with E-state index in [9.17, 15) is 0 Å². The molecule has 0 spiro atoms. The normalized spacial score (nSPS) is 14.2. The number of benzene rings is 7. The molecule has 10 rings (SSSR count). The van der Waals surface area contributed by atoms with Crippen molar-refractivity contribution in [2.75, 3.05) is 4.90 Å². The number of aryl methyl sites for hydroxylation is 2. The molecule has 0 bridgehead atoms. The van der Waals surface area contributed by atoms with Gasteiger partial charge in [-0.3, -0.25) is 4.57 Å². The maximum absolute atomic E-state index is 5.22. The molecule has 2 aliphatic carbocycles. The van der Waals surface area contributed by atoms with Crippen molar-refractivity contribution in [3.05, 3.63) is 252 Å². The highest BCUT2D eigenvalue weighted by atomic mass is 15.1. The molecule has 300 valence electrons. The highest BCUT2D eigenvalue weighted by Gasteiger charge is 2.46.